The van der Waals surface area contributed by atoms with E-state index in [0.29, 0.717) is 6.29 Å². The van der Waals surface area contributed by atoms with Crippen molar-refractivity contribution in [3.05, 3.63) is 45.6 Å². The van der Waals surface area contributed by atoms with Crippen LogP contribution in [0.25, 0.3) is 10.4 Å². The van der Waals surface area contributed by atoms with Crippen molar-refractivity contribution >= 4 is 6.29 Å². The number of halogens is 1. The summed E-state index contributed by atoms with van der Waals surface area (Å²) < 4.78 is 13.5. The molecule has 2 N–H and O–H groups in total. The highest BCUT2D eigenvalue weighted by Crippen LogP contribution is 2.24. The molecule has 0 aliphatic carbocycles. The van der Waals surface area contributed by atoms with Crippen LogP contribution >= 0.6 is 0 Å². The van der Waals surface area contributed by atoms with Crippen molar-refractivity contribution in [2.45, 2.75) is 18.6 Å². The molecule has 0 radical (unpaired) electrons. The van der Waals surface area contributed by atoms with Gasteiger partial charge in [-0.15, -0.1) is 0 Å². The van der Waals surface area contributed by atoms with Crippen molar-refractivity contribution in [3.8, 4) is 0 Å². The van der Waals surface area contributed by atoms with Crippen LogP contribution in [-0.4, -0.2) is 29.1 Å². The molecule has 0 aliphatic rings. The topological polar surface area (TPSA) is 106 Å². The largest absolute Gasteiger partial charge is 0.390 e. The third-order valence-electron chi connectivity index (χ3n) is 2.46. The summed E-state index contributed by atoms with van der Waals surface area (Å²) in [5, 5.41) is 22.6. The van der Waals surface area contributed by atoms with Crippen LogP contribution in [0, 0.1) is 5.82 Å². The Bertz CT molecular complexity index is 475. The number of nitrogens with zero attached hydrogens (tertiary/aromatic N) is 3. The molecule has 2 atom stereocenters. The van der Waals surface area contributed by atoms with Gasteiger partial charge >= 0.3 is 0 Å². The zero-order valence-electron chi connectivity index (χ0n) is 9.40. The number of carbonyl (C=O) groups is 1. The predicted octanol–water partition coefficient (Wildman–Crippen LogP) is 1.73. The smallest absolute Gasteiger partial charge is 0.150 e. The second-order valence-corrected chi connectivity index (χ2v) is 3.62. The van der Waals surface area contributed by atoms with Crippen LogP contribution in [-0.2, 0) is 0 Å². The first-order chi connectivity index (χ1) is 8.61. The summed E-state index contributed by atoms with van der Waals surface area (Å²) in [5.41, 5.74) is 7.80. The Morgan fingerprint density at radius 2 is 2.22 bits per heavy atom. The van der Waals surface area contributed by atoms with Crippen molar-refractivity contribution in [2.75, 3.05) is 6.54 Å². The van der Waals surface area contributed by atoms with Crippen LogP contribution in [0.1, 0.15) is 28.4 Å². The molecule has 2 unspecified atom stereocenters. The highest BCUT2D eigenvalue weighted by atomic mass is 19.1. The molecule has 96 valence electrons. The zero-order valence-corrected chi connectivity index (χ0v) is 9.40. The van der Waals surface area contributed by atoms with Gasteiger partial charge in [0.05, 0.1) is 6.10 Å². The molecule has 0 aliphatic heterocycles. The van der Waals surface area contributed by atoms with E-state index in [2.05, 4.69) is 10.0 Å². The molecule has 6 nitrogen and oxygen atoms in total. The molecule has 0 heterocycles. The maximum absolute atomic E-state index is 13.5. The van der Waals surface area contributed by atoms with Crippen molar-refractivity contribution < 1.29 is 19.4 Å². The Balaban J connectivity index is 2.91. The molecule has 0 amide bonds. The third-order valence-corrected chi connectivity index (χ3v) is 2.46. The molecule has 7 heteroatoms. The van der Waals surface area contributed by atoms with Crippen LogP contribution in [0.3, 0.4) is 0 Å². The first-order valence-corrected chi connectivity index (χ1v) is 5.22. The molecule has 0 fully saturated rings. The summed E-state index contributed by atoms with van der Waals surface area (Å²) in [4.78, 5) is 13.2. The lowest BCUT2D eigenvalue weighted by Crippen LogP contribution is -2.21. The van der Waals surface area contributed by atoms with E-state index in [9.17, 15) is 19.4 Å². The Kier molecular flexibility index (Phi) is 5.26. The van der Waals surface area contributed by atoms with E-state index in [1.807, 2.05) is 0 Å². The Labute approximate surface area is 102 Å². The van der Waals surface area contributed by atoms with E-state index in [0.717, 1.165) is 6.07 Å². The van der Waals surface area contributed by atoms with Crippen molar-refractivity contribution in [1.29, 1.82) is 0 Å². The molecule has 0 spiro atoms. The van der Waals surface area contributed by atoms with Crippen LogP contribution in [0.15, 0.2) is 23.3 Å². The Hall–Kier alpha value is -1.95. The van der Waals surface area contributed by atoms with Gasteiger partial charge in [-0.05, 0) is 18.0 Å². The van der Waals surface area contributed by atoms with E-state index in [1.54, 1.807) is 0 Å². The first-order valence-electron chi connectivity index (χ1n) is 5.22. The fraction of sp³-hybridized carbons (Fsp3) is 0.364. The number of aliphatic hydroxyl groups is 2. The highest BCUT2D eigenvalue weighted by Gasteiger charge is 2.23. The molecule has 0 bridgehead atoms. The summed E-state index contributed by atoms with van der Waals surface area (Å²) in [6, 6.07) is 3.77. The first kappa shape index (κ1) is 14.1. The van der Waals surface area contributed by atoms with Gasteiger partial charge in [0.2, 0.25) is 0 Å². The van der Waals surface area contributed by atoms with E-state index < -0.39 is 18.0 Å². The minimum atomic E-state index is -1.54. The van der Waals surface area contributed by atoms with Crippen LogP contribution in [0.2, 0.25) is 0 Å². The van der Waals surface area contributed by atoms with Gasteiger partial charge in [-0.1, -0.05) is 17.2 Å². The highest BCUT2D eigenvalue weighted by molar-refractivity contribution is 5.77. The molecular formula is C11H12FN3O3. The predicted molar refractivity (Wildman–Crippen MR) is 61.4 cm³/mol. The number of aliphatic hydroxyl groups excluding tert-OH is 2. The van der Waals surface area contributed by atoms with Gasteiger partial charge in [-0.25, -0.2) is 4.39 Å². The quantitative estimate of drug-likeness (QED) is 0.349. The van der Waals surface area contributed by atoms with Crippen molar-refractivity contribution in [3.63, 3.8) is 0 Å². The Morgan fingerprint density at radius 1 is 1.50 bits per heavy atom. The SMILES string of the molecule is [N-]=[N+]=NCCC(O)C(O)c1c(F)cccc1C=O. The number of benzene rings is 1. The number of azide groups is 1. The van der Waals surface area contributed by atoms with Gasteiger partial charge in [0.25, 0.3) is 0 Å². The lowest BCUT2D eigenvalue weighted by Gasteiger charge is -2.19. The molecule has 0 saturated carbocycles. The van der Waals surface area contributed by atoms with E-state index >= 15 is 0 Å². The third kappa shape index (κ3) is 3.27. The van der Waals surface area contributed by atoms with Crippen molar-refractivity contribution in [1.82, 2.24) is 0 Å². The maximum Gasteiger partial charge on any atom is 0.150 e. The number of aldehydes is 1. The van der Waals surface area contributed by atoms with Gasteiger partial charge in [0.15, 0.2) is 6.29 Å². The van der Waals surface area contributed by atoms with Crippen LogP contribution in [0.4, 0.5) is 4.39 Å². The van der Waals surface area contributed by atoms with E-state index in [-0.39, 0.29) is 24.1 Å². The minimum absolute atomic E-state index is 0.0228. The second-order valence-electron chi connectivity index (χ2n) is 3.62. The van der Waals surface area contributed by atoms with Crippen LogP contribution < -0.4 is 0 Å². The average molecular weight is 253 g/mol. The van der Waals surface area contributed by atoms with Crippen molar-refractivity contribution in [2.24, 2.45) is 5.11 Å². The lowest BCUT2D eigenvalue weighted by atomic mass is 9.97. The molecule has 0 aromatic heterocycles. The summed E-state index contributed by atoms with van der Waals surface area (Å²) in [6.07, 6.45) is -2.48. The lowest BCUT2D eigenvalue weighted by molar-refractivity contribution is 0.0126. The molecular weight excluding hydrogens is 241 g/mol. The van der Waals surface area contributed by atoms with Gasteiger partial charge in [-0.2, -0.15) is 0 Å². The van der Waals surface area contributed by atoms with E-state index in [4.69, 9.17) is 5.53 Å². The molecule has 1 rings (SSSR count). The van der Waals surface area contributed by atoms with Gasteiger partial charge in [0, 0.05) is 22.6 Å². The maximum atomic E-state index is 13.5. The summed E-state index contributed by atoms with van der Waals surface area (Å²) in [7, 11) is 0. The minimum Gasteiger partial charge on any atom is -0.390 e. The number of carbonyl (C=O) groups excluding carboxylic acids is 1. The molecule has 18 heavy (non-hydrogen) atoms. The summed E-state index contributed by atoms with van der Waals surface area (Å²) >= 11 is 0. The monoisotopic (exact) mass is 253 g/mol. The number of hydrogen-bond donors (Lipinski definition) is 2. The van der Waals surface area contributed by atoms with E-state index in [1.165, 1.54) is 12.1 Å². The molecule has 0 saturated heterocycles. The average Bonchev–Trinajstić information content (AvgIpc) is 2.37. The molecule has 1 aromatic carbocycles. The zero-order chi connectivity index (χ0) is 13.5. The normalized spacial score (nSPS) is 13.5. The summed E-state index contributed by atoms with van der Waals surface area (Å²) in [5.74, 6) is -0.769. The van der Waals surface area contributed by atoms with Gasteiger partial charge in [0.1, 0.15) is 11.9 Å². The van der Waals surface area contributed by atoms with Gasteiger partial charge in [-0.3, -0.25) is 4.79 Å². The summed E-state index contributed by atoms with van der Waals surface area (Å²) in [6.45, 7) is -0.0282. The standard InChI is InChI=1S/C11H12FN3O3/c12-8-3-1-2-7(6-16)10(8)11(18)9(17)4-5-14-15-13/h1-3,6,9,11,17-18H,4-5H2. The molecule has 1 aromatic rings. The van der Waals surface area contributed by atoms with Crippen LogP contribution in [0.5, 0.6) is 0 Å². The Morgan fingerprint density at radius 3 is 2.83 bits per heavy atom. The number of rotatable bonds is 6. The van der Waals surface area contributed by atoms with Gasteiger partial charge < -0.3 is 10.2 Å². The second kappa shape index (κ2) is 6.70. The number of hydrogen-bond acceptors (Lipinski definition) is 4. The fourth-order valence-electron chi connectivity index (χ4n) is 1.55. The fourth-order valence-corrected chi connectivity index (χ4v) is 1.55.